The third-order valence-electron chi connectivity index (χ3n) is 3.13. The normalized spacial score (nSPS) is 10.3. The third kappa shape index (κ3) is 4.02. The van der Waals surface area contributed by atoms with E-state index in [1.54, 1.807) is 12.1 Å². The molecule has 0 aliphatic carbocycles. The Bertz CT molecular complexity index is 632. The number of amides is 2. The van der Waals surface area contributed by atoms with Gasteiger partial charge in [-0.05, 0) is 36.4 Å². The highest BCUT2D eigenvalue weighted by Gasteiger charge is 2.17. The van der Waals surface area contributed by atoms with Crippen molar-refractivity contribution in [2.24, 2.45) is 0 Å². The number of anilines is 2. The second-order valence-corrected chi connectivity index (χ2v) is 4.75. The van der Waals surface area contributed by atoms with E-state index in [0.29, 0.717) is 25.2 Å². The predicted molar refractivity (Wildman–Crippen MR) is 81.5 cm³/mol. The van der Waals surface area contributed by atoms with Crippen LogP contribution in [0.5, 0.6) is 0 Å². The van der Waals surface area contributed by atoms with E-state index >= 15 is 0 Å². The predicted octanol–water partition coefficient (Wildman–Crippen LogP) is 2.64. The summed E-state index contributed by atoms with van der Waals surface area (Å²) in [5.41, 5.74) is 4.40. The molecule has 116 valence electrons. The van der Waals surface area contributed by atoms with Gasteiger partial charge < -0.3 is 11.1 Å². The van der Waals surface area contributed by atoms with Crippen molar-refractivity contribution in [3.8, 4) is 0 Å². The van der Waals surface area contributed by atoms with Crippen LogP contribution < -0.4 is 16.0 Å². The van der Waals surface area contributed by atoms with Crippen LogP contribution in [0.2, 0.25) is 0 Å². The number of halogens is 2. The van der Waals surface area contributed by atoms with Crippen LogP contribution in [-0.2, 0) is 0 Å². The van der Waals surface area contributed by atoms with Gasteiger partial charge in [-0.2, -0.15) is 0 Å². The molecule has 6 heteroatoms. The summed E-state index contributed by atoms with van der Waals surface area (Å²) in [7, 11) is 0. The van der Waals surface area contributed by atoms with E-state index in [0.717, 1.165) is 0 Å². The van der Waals surface area contributed by atoms with Crippen LogP contribution in [-0.4, -0.2) is 19.1 Å². The van der Waals surface area contributed by atoms with Crippen molar-refractivity contribution in [1.82, 2.24) is 0 Å². The van der Waals surface area contributed by atoms with Crippen molar-refractivity contribution in [3.63, 3.8) is 0 Å². The molecular weight excluding hydrogens is 288 g/mol. The van der Waals surface area contributed by atoms with Crippen molar-refractivity contribution >= 4 is 17.4 Å². The fraction of sp³-hybridized carbons (Fsp3) is 0.188. The zero-order valence-corrected chi connectivity index (χ0v) is 12.1. The van der Waals surface area contributed by atoms with Crippen molar-refractivity contribution in [3.05, 3.63) is 60.2 Å². The number of para-hydroxylation sites is 1. The minimum atomic E-state index is -0.507. The largest absolute Gasteiger partial charge is 0.358 e. The monoisotopic (exact) mass is 306 g/mol. The summed E-state index contributed by atoms with van der Waals surface area (Å²) in [5.74, 6) is -0.887. The van der Waals surface area contributed by atoms with Gasteiger partial charge in [-0.3, -0.25) is 4.90 Å². The lowest BCUT2D eigenvalue weighted by Crippen LogP contribution is -2.51. The molecule has 0 aliphatic heterocycles. The first-order valence-electron chi connectivity index (χ1n) is 6.99. The van der Waals surface area contributed by atoms with E-state index in [1.807, 2.05) is 0 Å². The molecule has 0 aromatic heterocycles. The highest BCUT2D eigenvalue weighted by atomic mass is 19.1. The van der Waals surface area contributed by atoms with Crippen molar-refractivity contribution in [2.45, 2.75) is 6.42 Å². The van der Waals surface area contributed by atoms with Gasteiger partial charge in [-0.15, -0.1) is 0 Å². The summed E-state index contributed by atoms with van der Waals surface area (Å²) >= 11 is 0. The molecule has 0 saturated heterocycles. The Balaban J connectivity index is 2.19. The molecule has 0 unspecified atom stereocenters. The van der Waals surface area contributed by atoms with E-state index in [4.69, 9.17) is 0 Å². The highest BCUT2D eigenvalue weighted by molar-refractivity contribution is 6.01. The summed E-state index contributed by atoms with van der Waals surface area (Å²) in [5, 5.41) is 2.53. The summed E-state index contributed by atoms with van der Waals surface area (Å²) < 4.78 is 26.7. The lowest BCUT2D eigenvalue weighted by atomic mass is 10.2. The number of quaternary nitrogens is 1. The van der Waals surface area contributed by atoms with Gasteiger partial charge in [0.2, 0.25) is 0 Å². The van der Waals surface area contributed by atoms with Gasteiger partial charge in [0.1, 0.15) is 11.6 Å². The Hall–Kier alpha value is -2.47. The van der Waals surface area contributed by atoms with Gasteiger partial charge in [0.05, 0.1) is 12.2 Å². The summed E-state index contributed by atoms with van der Waals surface area (Å²) in [4.78, 5) is 13.8. The van der Waals surface area contributed by atoms with E-state index in [1.165, 1.54) is 41.3 Å². The van der Waals surface area contributed by atoms with Gasteiger partial charge in [-0.1, -0.05) is 12.1 Å². The maximum atomic E-state index is 13.6. The standard InChI is InChI=1S/C16H17F2N3O/c17-12-6-8-13(9-7-12)21(11-3-10-19)16(22)20-15-5-2-1-4-14(15)18/h1-2,4-9H,3,10-11,19H2,(H,20,22)/p+1. The second kappa shape index (κ2) is 7.51. The quantitative estimate of drug-likeness (QED) is 0.876. The smallest absolute Gasteiger partial charge is 0.326 e. The van der Waals surface area contributed by atoms with Crippen LogP contribution in [0.15, 0.2) is 48.5 Å². The highest BCUT2D eigenvalue weighted by Crippen LogP contribution is 2.18. The molecule has 2 amide bonds. The van der Waals surface area contributed by atoms with E-state index in [2.05, 4.69) is 11.1 Å². The van der Waals surface area contributed by atoms with Crippen LogP contribution in [0.25, 0.3) is 0 Å². The molecule has 0 heterocycles. The molecule has 0 spiro atoms. The second-order valence-electron chi connectivity index (χ2n) is 4.75. The summed E-state index contributed by atoms with van der Waals surface area (Å²) in [6.45, 7) is 1.07. The van der Waals surface area contributed by atoms with Gasteiger partial charge in [0, 0.05) is 18.7 Å². The zero-order valence-electron chi connectivity index (χ0n) is 12.1. The van der Waals surface area contributed by atoms with E-state index < -0.39 is 11.8 Å². The molecule has 22 heavy (non-hydrogen) atoms. The van der Waals surface area contributed by atoms with Gasteiger partial charge in [0.25, 0.3) is 0 Å². The Morgan fingerprint density at radius 1 is 1.09 bits per heavy atom. The molecule has 0 atom stereocenters. The first-order valence-corrected chi connectivity index (χ1v) is 6.99. The Kier molecular flexibility index (Phi) is 5.43. The molecule has 2 aromatic carbocycles. The number of carbonyl (C=O) groups is 1. The van der Waals surface area contributed by atoms with E-state index in [9.17, 15) is 13.6 Å². The Morgan fingerprint density at radius 3 is 2.41 bits per heavy atom. The first-order chi connectivity index (χ1) is 10.6. The lowest BCUT2D eigenvalue weighted by molar-refractivity contribution is -0.367. The SMILES string of the molecule is [NH3+]CCCN(C(=O)Nc1ccccc1F)c1ccc(F)cc1. The van der Waals surface area contributed by atoms with Gasteiger partial charge in [0.15, 0.2) is 0 Å². The number of benzene rings is 2. The number of nitrogens with one attached hydrogen (secondary N) is 1. The number of rotatable bonds is 5. The molecule has 4 nitrogen and oxygen atoms in total. The molecule has 0 bridgehead atoms. The fourth-order valence-corrected chi connectivity index (χ4v) is 1.98. The number of hydrogen-bond donors (Lipinski definition) is 2. The summed E-state index contributed by atoms with van der Waals surface area (Å²) in [6.07, 6.45) is 0.683. The fourth-order valence-electron chi connectivity index (χ4n) is 1.98. The van der Waals surface area contributed by atoms with Crippen molar-refractivity contribution < 1.29 is 19.3 Å². The number of urea groups is 1. The lowest BCUT2D eigenvalue weighted by Gasteiger charge is -2.23. The number of hydrogen-bond acceptors (Lipinski definition) is 1. The molecule has 4 N–H and O–H groups in total. The average Bonchev–Trinajstić information content (AvgIpc) is 2.51. The molecule has 0 aliphatic rings. The minimum absolute atomic E-state index is 0.106. The molecule has 2 aromatic rings. The van der Waals surface area contributed by atoms with Crippen molar-refractivity contribution in [2.75, 3.05) is 23.3 Å². The molecule has 0 saturated carbocycles. The van der Waals surface area contributed by atoms with Crippen LogP contribution in [0.4, 0.5) is 25.0 Å². The molecular formula is C16H18F2N3O+. The number of carbonyl (C=O) groups excluding carboxylic acids is 1. The van der Waals surface area contributed by atoms with Gasteiger partial charge in [-0.25, -0.2) is 13.6 Å². The molecule has 0 radical (unpaired) electrons. The number of nitrogens with zero attached hydrogens (tertiary/aromatic N) is 1. The van der Waals surface area contributed by atoms with Crippen molar-refractivity contribution in [1.29, 1.82) is 0 Å². The summed E-state index contributed by atoms with van der Waals surface area (Å²) in [6, 6.07) is 11.1. The van der Waals surface area contributed by atoms with Crippen LogP contribution in [0, 0.1) is 11.6 Å². The van der Waals surface area contributed by atoms with Gasteiger partial charge >= 0.3 is 6.03 Å². The van der Waals surface area contributed by atoms with Crippen LogP contribution in [0.1, 0.15) is 6.42 Å². The minimum Gasteiger partial charge on any atom is -0.358 e. The Morgan fingerprint density at radius 2 is 1.77 bits per heavy atom. The van der Waals surface area contributed by atoms with Crippen LogP contribution in [0.3, 0.4) is 0 Å². The molecule has 0 fully saturated rings. The zero-order chi connectivity index (χ0) is 15.9. The first kappa shape index (κ1) is 15.9. The maximum absolute atomic E-state index is 13.6. The van der Waals surface area contributed by atoms with Crippen LogP contribution >= 0.6 is 0 Å². The topological polar surface area (TPSA) is 60.0 Å². The Labute approximate surface area is 127 Å². The third-order valence-corrected chi connectivity index (χ3v) is 3.13. The molecule has 2 rings (SSSR count). The average molecular weight is 306 g/mol. The maximum Gasteiger partial charge on any atom is 0.326 e. The van der Waals surface area contributed by atoms with E-state index in [-0.39, 0.29) is 11.5 Å².